The van der Waals surface area contributed by atoms with Crippen LogP contribution in [0.3, 0.4) is 0 Å². The van der Waals surface area contributed by atoms with Crippen LogP contribution in [0.25, 0.3) is 0 Å². The summed E-state index contributed by atoms with van der Waals surface area (Å²) >= 11 is 0. The summed E-state index contributed by atoms with van der Waals surface area (Å²) in [6.45, 7) is 4.04. The van der Waals surface area contributed by atoms with Crippen LogP contribution in [0, 0.1) is 11.3 Å². The number of benzene rings is 1. The minimum Gasteiger partial charge on any atom is -0.388 e. The van der Waals surface area contributed by atoms with Crippen molar-refractivity contribution in [3.05, 3.63) is 35.4 Å². The van der Waals surface area contributed by atoms with E-state index < -0.39 is 11.0 Å². The average Bonchev–Trinajstić information content (AvgIpc) is 2.79. The Morgan fingerprint density at radius 2 is 2.11 bits per heavy atom. The fourth-order valence-electron chi connectivity index (χ4n) is 3.42. The number of nitrogens with zero attached hydrogens (tertiary/aromatic N) is 1. The van der Waals surface area contributed by atoms with E-state index in [1.54, 1.807) is 0 Å². The van der Waals surface area contributed by atoms with Gasteiger partial charge in [0.25, 0.3) is 0 Å². The van der Waals surface area contributed by atoms with Gasteiger partial charge in [-0.15, -0.1) is 0 Å². The van der Waals surface area contributed by atoms with Crippen molar-refractivity contribution in [2.45, 2.75) is 57.0 Å². The van der Waals surface area contributed by atoms with Crippen LogP contribution in [-0.2, 0) is 11.8 Å². The van der Waals surface area contributed by atoms with E-state index in [-0.39, 0.29) is 0 Å². The number of hydrogen-bond donors (Lipinski definition) is 1. The Bertz CT molecular complexity index is 476. The van der Waals surface area contributed by atoms with E-state index in [1.807, 2.05) is 25.1 Å². The highest BCUT2D eigenvalue weighted by Crippen LogP contribution is 2.49. The third kappa shape index (κ3) is 1.66. The molecule has 0 bridgehead atoms. The molecule has 0 spiro atoms. The molecule has 2 rings (SSSR count). The Labute approximate surface area is 109 Å². The lowest BCUT2D eigenvalue weighted by Crippen LogP contribution is -2.49. The Morgan fingerprint density at radius 1 is 1.39 bits per heavy atom. The summed E-state index contributed by atoms with van der Waals surface area (Å²) < 4.78 is 0. The van der Waals surface area contributed by atoms with Gasteiger partial charge in [0.2, 0.25) is 0 Å². The maximum atomic E-state index is 11.0. The van der Waals surface area contributed by atoms with Crippen LogP contribution in [0.2, 0.25) is 0 Å². The lowest BCUT2D eigenvalue weighted by molar-refractivity contribution is -0.0287. The highest BCUT2D eigenvalue weighted by molar-refractivity contribution is 5.47. The summed E-state index contributed by atoms with van der Waals surface area (Å²) in [5.41, 5.74) is 0.657. The second-order valence-electron chi connectivity index (χ2n) is 5.31. The van der Waals surface area contributed by atoms with Gasteiger partial charge in [-0.2, -0.15) is 5.26 Å². The van der Waals surface area contributed by atoms with Crippen molar-refractivity contribution >= 4 is 0 Å². The molecule has 1 aliphatic carbocycles. The van der Waals surface area contributed by atoms with Crippen molar-refractivity contribution in [3.8, 4) is 6.07 Å². The molecule has 96 valence electrons. The maximum absolute atomic E-state index is 11.0. The summed E-state index contributed by atoms with van der Waals surface area (Å²) in [5.74, 6) is 0. The normalized spacial score (nSPS) is 25.2. The number of aryl methyl sites for hydroxylation is 1. The van der Waals surface area contributed by atoms with Crippen LogP contribution in [0.4, 0.5) is 0 Å². The Morgan fingerprint density at radius 3 is 2.72 bits per heavy atom. The van der Waals surface area contributed by atoms with E-state index in [2.05, 4.69) is 19.1 Å². The van der Waals surface area contributed by atoms with Crippen molar-refractivity contribution in [2.75, 3.05) is 0 Å². The van der Waals surface area contributed by atoms with Crippen LogP contribution in [0.5, 0.6) is 0 Å². The molecular formula is C16H21NO. The van der Waals surface area contributed by atoms with E-state index in [1.165, 1.54) is 5.56 Å². The fourth-order valence-corrected chi connectivity index (χ4v) is 3.42. The summed E-state index contributed by atoms with van der Waals surface area (Å²) in [6, 6.07) is 10.5. The molecule has 0 fully saturated rings. The van der Waals surface area contributed by atoms with Gasteiger partial charge >= 0.3 is 0 Å². The number of nitriles is 1. The van der Waals surface area contributed by atoms with E-state index in [0.29, 0.717) is 12.8 Å². The van der Waals surface area contributed by atoms with Gasteiger partial charge in [0.05, 0.1) is 11.7 Å². The largest absolute Gasteiger partial charge is 0.388 e. The molecule has 2 heteroatoms. The van der Waals surface area contributed by atoms with Crippen molar-refractivity contribution in [3.63, 3.8) is 0 Å². The van der Waals surface area contributed by atoms with E-state index in [9.17, 15) is 10.4 Å². The van der Waals surface area contributed by atoms with E-state index in [4.69, 9.17) is 0 Å². The quantitative estimate of drug-likeness (QED) is 0.881. The van der Waals surface area contributed by atoms with Crippen LogP contribution >= 0.6 is 0 Å². The van der Waals surface area contributed by atoms with Gasteiger partial charge in [-0.1, -0.05) is 44.5 Å². The van der Waals surface area contributed by atoms with Gasteiger partial charge in [0.15, 0.2) is 0 Å². The molecule has 1 aromatic carbocycles. The molecule has 1 aromatic rings. The zero-order chi connectivity index (χ0) is 13.2. The minimum absolute atomic E-state index is 0.628. The molecule has 18 heavy (non-hydrogen) atoms. The monoisotopic (exact) mass is 243 g/mol. The number of hydrogen-bond acceptors (Lipinski definition) is 2. The predicted octanol–water partition coefficient (Wildman–Crippen LogP) is 3.34. The molecule has 2 nitrogen and oxygen atoms in total. The zero-order valence-electron chi connectivity index (χ0n) is 11.2. The molecule has 1 aliphatic rings. The summed E-state index contributed by atoms with van der Waals surface area (Å²) in [5, 5.41) is 20.7. The van der Waals surface area contributed by atoms with Gasteiger partial charge in [-0.25, -0.2) is 0 Å². The Kier molecular flexibility index (Phi) is 3.45. The standard InChI is InChI=1S/C16H21NO/c1-3-10-16(18,4-2)15(12-17)11-9-13-7-5-6-8-14(13)15/h5-8,18H,3-4,9-11H2,1-2H3. The van der Waals surface area contributed by atoms with E-state index in [0.717, 1.165) is 24.8 Å². The van der Waals surface area contributed by atoms with Gasteiger partial charge in [-0.3, -0.25) is 0 Å². The second-order valence-corrected chi connectivity index (χ2v) is 5.31. The van der Waals surface area contributed by atoms with Gasteiger partial charge in [0, 0.05) is 0 Å². The summed E-state index contributed by atoms with van der Waals surface area (Å²) in [6.07, 6.45) is 3.85. The number of fused-ring (bicyclic) bond motifs is 1. The Hall–Kier alpha value is -1.33. The first kappa shape index (κ1) is 13.1. The van der Waals surface area contributed by atoms with Gasteiger partial charge in [-0.05, 0) is 36.8 Å². The molecule has 0 saturated carbocycles. The van der Waals surface area contributed by atoms with Crippen LogP contribution in [0.15, 0.2) is 24.3 Å². The van der Waals surface area contributed by atoms with Crippen molar-refractivity contribution in [1.82, 2.24) is 0 Å². The molecule has 2 atom stereocenters. The summed E-state index contributed by atoms with van der Waals surface area (Å²) in [4.78, 5) is 0. The molecule has 0 amide bonds. The van der Waals surface area contributed by atoms with E-state index >= 15 is 0 Å². The van der Waals surface area contributed by atoms with Gasteiger partial charge in [0.1, 0.15) is 5.41 Å². The third-order valence-corrected chi connectivity index (χ3v) is 4.48. The van der Waals surface area contributed by atoms with Gasteiger partial charge < -0.3 is 5.11 Å². The van der Waals surface area contributed by atoms with Crippen molar-refractivity contribution < 1.29 is 5.11 Å². The van der Waals surface area contributed by atoms with Crippen LogP contribution in [-0.4, -0.2) is 10.7 Å². The third-order valence-electron chi connectivity index (χ3n) is 4.48. The first-order chi connectivity index (χ1) is 8.63. The zero-order valence-corrected chi connectivity index (χ0v) is 11.2. The highest BCUT2D eigenvalue weighted by atomic mass is 16.3. The molecule has 2 unspecified atom stereocenters. The second kappa shape index (κ2) is 4.74. The lowest BCUT2D eigenvalue weighted by Gasteiger charge is -2.40. The molecule has 1 N–H and O–H groups in total. The number of rotatable bonds is 4. The first-order valence-corrected chi connectivity index (χ1v) is 6.85. The molecule has 0 radical (unpaired) electrons. The molecule has 0 aromatic heterocycles. The minimum atomic E-state index is -0.900. The fraction of sp³-hybridized carbons (Fsp3) is 0.562. The topological polar surface area (TPSA) is 44.0 Å². The number of aliphatic hydroxyl groups is 1. The average molecular weight is 243 g/mol. The van der Waals surface area contributed by atoms with Crippen LogP contribution < -0.4 is 0 Å². The molecule has 0 saturated heterocycles. The molecule has 0 aliphatic heterocycles. The molecule has 0 heterocycles. The lowest BCUT2D eigenvalue weighted by atomic mass is 9.65. The van der Waals surface area contributed by atoms with Crippen molar-refractivity contribution in [1.29, 1.82) is 5.26 Å². The smallest absolute Gasteiger partial charge is 0.111 e. The first-order valence-electron chi connectivity index (χ1n) is 6.85. The highest BCUT2D eigenvalue weighted by Gasteiger charge is 2.53. The summed E-state index contributed by atoms with van der Waals surface area (Å²) in [7, 11) is 0. The van der Waals surface area contributed by atoms with Crippen molar-refractivity contribution in [2.24, 2.45) is 0 Å². The predicted molar refractivity (Wildman–Crippen MR) is 72.2 cm³/mol. The van der Waals surface area contributed by atoms with Crippen LogP contribution in [0.1, 0.15) is 50.7 Å². The maximum Gasteiger partial charge on any atom is 0.111 e. The Balaban J connectivity index is 2.55. The SMILES string of the molecule is CCCC(O)(CC)C1(C#N)CCc2ccccc21. The molecular weight excluding hydrogens is 222 g/mol.